The van der Waals surface area contributed by atoms with Gasteiger partial charge in [0.25, 0.3) is 0 Å². The summed E-state index contributed by atoms with van der Waals surface area (Å²) in [4.78, 5) is 11.0. The van der Waals surface area contributed by atoms with Gasteiger partial charge in [-0.15, -0.1) is 0 Å². The van der Waals surface area contributed by atoms with Crippen molar-refractivity contribution >= 4 is 17.3 Å². The highest BCUT2D eigenvalue weighted by Gasteiger charge is 2.09. The number of anilines is 3. The first kappa shape index (κ1) is 14.3. The Morgan fingerprint density at radius 1 is 1.20 bits per heavy atom. The lowest BCUT2D eigenvalue weighted by molar-refractivity contribution is 0.831. The number of hydrogen-bond acceptors (Lipinski definition) is 5. The van der Waals surface area contributed by atoms with E-state index in [2.05, 4.69) is 53.5 Å². The summed E-state index contributed by atoms with van der Waals surface area (Å²) in [5, 5.41) is 0. The lowest BCUT2D eigenvalue weighted by Crippen LogP contribution is -2.16. The van der Waals surface area contributed by atoms with Crippen LogP contribution in [-0.2, 0) is 6.42 Å². The summed E-state index contributed by atoms with van der Waals surface area (Å²) in [6.45, 7) is 4.18. The fraction of sp³-hybridized carbons (Fsp3) is 0.333. The van der Waals surface area contributed by atoms with Crippen molar-refractivity contribution < 1.29 is 0 Å². The molecular formula is C15H21N5. The summed E-state index contributed by atoms with van der Waals surface area (Å²) in [7, 11) is 1.99. The fourth-order valence-electron chi connectivity index (χ4n) is 1.96. The van der Waals surface area contributed by atoms with Crippen LogP contribution in [0, 0.1) is 6.92 Å². The molecule has 0 amide bonds. The maximum Gasteiger partial charge on any atom is 0.145 e. The molecule has 0 aliphatic heterocycles. The van der Waals surface area contributed by atoms with E-state index in [1.165, 1.54) is 5.56 Å². The molecule has 0 atom stereocenters. The maximum absolute atomic E-state index is 5.48. The van der Waals surface area contributed by atoms with Crippen LogP contribution >= 0.6 is 0 Å². The molecule has 0 unspecified atom stereocenters. The lowest BCUT2D eigenvalue weighted by atomic mass is 10.2. The second-order valence-corrected chi connectivity index (χ2v) is 4.82. The van der Waals surface area contributed by atoms with Gasteiger partial charge >= 0.3 is 0 Å². The van der Waals surface area contributed by atoms with Crippen LogP contribution in [0.5, 0.6) is 0 Å². The summed E-state index contributed by atoms with van der Waals surface area (Å²) >= 11 is 0. The first-order valence-electron chi connectivity index (χ1n) is 6.79. The zero-order chi connectivity index (χ0) is 14.5. The van der Waals surface area contributed by atoms with E-state index in [0.717, 1.165) is 30.2 Å². The van der Waals surface area contributed by atoms with Crippen molar-refractivity contribution in [2.75, 3.05) is 17.4 Å². The largest absolute Gasteiger partial charge is 0.329 e. The highest BCUT2D eigenvalue weighted by molar-refractivity contribution is 5.61. The number of hydrazine groups is 1. The molecule has 0 radical (unpaired) electrons. The average molecular weight is 271 g/mol. The maximum atomic E-state index is 5.48. The van der Waals surface area contributed by atoms with E-state index < -0.39 is 0 Å². The molecule has 0 aliphatic carbocycles. The minimum atomic E-state index is 0.636. The topological polar surface area (TPSA) is 67.1 Å². The van der Waals surface area contributed by atoms with Gasteiger partial charge < -0.3 is 10.3 Å². The summed E-state index contributed by atoms with van der Waals surface area (Å²) in [5.41, 5.74) is 4.92. The molecule has 1 aromatic carbocycles. The molecule has 0 bridgehead atoms. The number of rotatable bonds is 5. The average Bonchev–Trinajstić information content (AvgIpc) is 2.47. The third-order valence-electron chi connectivity index (χ3n) is 3.15. The fourth-order valence-corrected chi connectivity index (χ4v) is 1.96. The molecular weight excluding hydrogens is 250 g/mol. The Morgan fingerprint density at radius 2 is 1.90 bits per heavy atom. The van der Waals surface area contributed by atoms with E-state index in [0.29, 0.717) is 5.82 Å². The van der Waals surface area contributed by atoms with Crippen molar-refractivity contribution in [3.63, 3.8) is 0 Å². The molecule has 1 heterocycles. The van der Waals surface area contributed by atoms with Crippen molar-refractivity contribution in [1.29, 1.82) is 0 Å². The standard InChI is InChI=1S/C15H21N5/c1-4-5-13-17-14(19-16)10-15(18-13)20(3)12-8-6-11(2)7-9-12/h6-10H,4-5,16H2,1-3H3,(H,17,18,19). The van der Waals surface area contributed by atoms with E-state index in [1.54, 1.807) is 0 Å². The molecule has 0 fully saturated rings. The smallest absolute Gasteiger partial charge is 0.145 e. The zero-order valence-corrected chi connectivity index (χ0v) is 12.2. The monoisotopic (exact) mass is 271 g/mol. The minimum Gasteiger partial charge on any atom is -0.329 e. The molecule has 2 rings (SSSR count). The Labute approximate surface area is 119 Å². The number of aryl methyl sites for hydroxylation is 2. The zero-order valence-electron chi connectivity index (χ0n) is 12.2. The van der Waals surface area contributed by atoms with Crippen molar-refractivity contribution in [3.8, 4) is 0 Å². The summed E-state index contributed by atoms with van der Waals surface area (Å²) in [5.74, 6) is 7.76. The predicted molar refractivity (Wildman–Crippen MR) is 83.1 cm³/mol. The molecule has 0 saturated carbocycles. The van der Waals surface area contributed by atoms with E-state index in [1.807, 2.05) is 18.0 Å². The second-order valence-electron chi connectivity index (χ2n) is 4.82. The van der Waals surface area contributed by atoms with E-state index in [4.69, 9.17) is 5.84 Å². The summed E-state index contributed by atoms with van der Waals surface area (Å²) in [6, 6.07) is 10.2. The van der Waals surface area contributed by atoms with Gasteiger partial charge in [-0.1, -0.05) is 24.6 Å². The number of hydrogen-bond donors (Lipinski definition) is 2. The number of nitrogens with zero attached hydrogens (tertiary/aromatic N) is 3. The van der Waals surface area contributed by atoms with Crippen LogP contribution in [0.4, 0.5) is 17.3 Å². The normalized spacial score (nSPS) is 10.4. The molecule has 5 nitrogen and oxygen atoms in total. The van der Waals surface area contributed by atoms with Gasteiger partial charge in [-0.25, -0.2) is 15.8 Å². The molecule has 5 heteroatoms. The Bertz CT molecular complexity index is 565. The molecule has 20 heavy (non-hydrogen) atoms. The third-order valence-corrected chi connectivity index (χ3v) is 3.15. The molecule has 0 saturated heterocycles. The van der Waals surface area contributed by atoms with Crippen LogP contribution in [0.15, 0.2) is 30.3 Å². The van der Waals surface area contributed by atoms with Gasteiger partial charge in [0, 0.05) is 25.2 Å². The van der Waals surface area contributed by atoms with E-state index in [-0.39, 0.29) is 0 Å². The van der Waals surface area contributed by atoms with Gasteiger partial charge in [0.2, 0.25) is 0 Å². The Morgan fingerprint density at radius 3 is 2.50 bits per heavy atom. The molecule has 1 aromatic heterocycles. The van der Waals surface area contributed by atoms with E-state index >= 15 is 0 Å². The first-order valence-corrected chi connectivity index (χ1v) is 6.79. The Hall–Kier alpha value is -2.14. The lowest BCUT2D eigenvalue weighted by Gasteiger charge is -2.19. The van der Waals surface area contributed by atoms with E-state index in [9.17, 15) is 0 Å². The highest BCUT2D eigenvalue weighted by Crippen LogP contribution is 2.23. The van der Waals surface area contributed by atoms with Gasteiger partial charge in [0.15, 0.2) is 0 Å². The van der Waals surface area contributed by atoms with Gasteiger partial charge in [-0.05, 0) is 25.5 Å². The van der Waals surface area contributed by atoms with Crippen LogP contribution in [0.2, 0.25) is 0 Å². The Kier molecular flexibility index (Phi) is 4.53. The Balaban J connectivity index is 2.34. The summed E-state index contributed by atoms with van der Waals surface area (Å²) in [6.07, 6.45) is 1.84. The molecule has 0 spiro atoms. The number of benzene rings is 1. The van der Waals surface area contributed by atoms with Gasteiger partial charge in [0.05, 0.1) is 0 Å². The highest BCUT2D eigenvalue weighted by atomic mass is 15.3. The van der Waals surface area contributed by atoms with Crippen LogP contribution in [-0.4, -0.2) is 17.0 Å². The van der Waals surface area contributed by atoms with Crippen LogP contribution < -0.4 is 16.2 Å². The predicted octanol–water partition coefficient (Wildman–Crippen LogP) is 2.79. The van der Waals surface area contributed by atoms with Gasteiger partial charge in [-0.3, -0.25) is 0 Å². The van der Waals surface area contributed by atoms with Crippen LogP contribution in [0.1, 0.15) is 24.7 Å². The second kappa shape index (κ2) is 6.34. The first-order chi connectivity index (χ1) is 9.63. The number of nitrogens with two attached hydrogens (primary N) is 1. The van der Waals surface area contributed by atoms with Gasteiger partial charge in [-0.2, -0.15) is 0 Å². The van der Waals surface area contributed by atoms with Crippen molar-refractivity contribution in [3.05, 3.63) is 41.7 Å². The molecule has 106 valence electrons. The van der Waals surface area contributed by atoms with Crippen molar-refractivity contribution in [2.45, 2.75) is 26.7 Å². The van der Waals surface area contributed by atoms with Crippen molar-refractivity contribution in [1.82, 2.24) is 9.97 Å². The van der Waals surface area contributed by atoms with Crippen LogP contribution in [0.25, 0.3) is 0 Å². The number of nitrogens with one attached hydrogen (secondary N) is 1. The molecule has 3 N–H and O–H groups in total. The quantitative estimate of drug-likeness (QED) is 0.646. The molecule has 2 aromatic rings. The van der Waals surface area contributed by atoms with Gasteiger partial charge in [0.1, 0.15) is 17.5 Å². The molecule has 0 aliphatic rings. The number of aromatic nitrogens is 2. The summed E-state index contributed by atoms with van der Waals surface area (Å²) < 4.78 is 0. The third kappa shape index (κ3) is 3.24. The van der Waals surface area contributed by atoms with Crippen LogP contribution in [0.3, 0.4) is 0 Å². The minimum absolute atomic E-state index is 0.636. The van der Waals surface area contributed by atoms with Crippen molar-refractivity contribution in [2.24, 2.45) is 5.84 Å². The number of nitrogen functional groups attached to an aromatic ring is 1. The SMILES string of the molecule is CCCc1nc(NN)cc(N(C)c2ccc(C)cc2)n1.